The molecule has 35 heteroatoms. The summed E-state index contributed by atoms with van der Waals surface area (Å²) in [6.07, 6.45) is -17.3. The summed E-state index contributed by atoms with van der Waals surface area (Å²) in [7, 11) is 1.46. The van der Waals surface area contributed by atoms with Gasteiger partial charge in [0.2, 0.25) is 47.5 Å². The molecule has 5 aromatic carbocycles. The largest absolute Gasteiger partial charge is 0.508 e. The first kappa shape index (κ1) is 76.0. The number of aliphatic hydroxyl groups excluding tert-OH is 6. The molecule has 22 N–H and O–H groups in total. The molecule has 0 saturated carbocycles. The van der Waals surface area contributed by atoms with Crippen LogP contribution < -0.4 is 63.3 Å². The number of halogens is 2. The molecule has 9 bridgehead atoms. The van der Waals surface area contributed by atoms with Crippen molar-refractivity contribution in [3.8, 4) is 57.1 Å². The number of likely N-dealkylation sites (N-methyl/N-ethyl adjacent to an activating group) is 1. The fraction of sp³-hybridized carbons (Fsp3) is 0.424. The van der Waals surface area contributed by atoms with Gasteiger partial charge in [0.15, 0.2) is 36.0 Å². The van der Waals surface area contributed by atoms with Crippen LogP contribution in [0.25, 0.3) is 11.1 Å². The van der Waals surface area contributed by atoms with E-state index in [0.29, 0.717) is 0 Å². The molecule has 11 rings (SSSR count). The average Bonchev–Trinajstić information content (AvgIpc) is 0.773. The summed E-state index contributed by atoms with van der Waals surface area (Å²) in [6.45, 7) is 6.81. The van der Waals surface area contributed by atoms with Crippen molar-refractivity contribution < 1.29 is 118 Å². The summed E-state index contributed by atoms with van der Waals surface area (Å²) in [5.41, 5.74) is 14.1. The standard InChI is InChI=1S/C66H77Cl2N9O24/c1-23(2)13-35(72-6)60(90)76-48-51(83)28-9-12-39(34(68)16-28)98-41-18-29-17-40(54(41)101-65-55(53(85)52(84)42(22-78)99-65)100-43-21-66(5,71)56(86)25(4)96-43)97-38-11-8-27(15-33(38)67)50(82)24(3)59(89)75-47(64(94)95)32-19-30(79)20-37(81)44(32)31-14-26(7-10-36(31)80)45(57(69)87)73-61(91)46(29)74-63(93)49(58(70)88)77-62(48)92/h7-12,14-20,23-25,35,42-43,45-53,55-56,65,72,78-86H,13,21-22,71H2,1-6H3,(H2,69,87)(H2,70,88)(H,73,91)(H,74,93)(H,75,89)(H,76,90)(H,77,92)(H,94,95)/t24-,25-,35+,42+,43-,45+,46+,47-,48?,49?,50-,51+,52+,53-,55+,56+,65-,66-/m0/s1. The predicted octanol–water partition coefficient (Wildman–Crippen LogP) is 0.339. The number of aromatic hydroxyl groups is 3. The third kappa shape index (κ3) is 16.4. The Morgan fingerprint density at radius 2 is 1.28 bits per heavy atom. The van der Waals surface area contributed by atoms with Crippen LogP contribution in [0.1, 0.15) is 106 Å². The molecule has 2 fully saturated rings. The first-order chi connectivity index (χ1) is 47.5. The third-order valence-electron chi connectivity index (χ3n) is 17.6. The number of hydrogen-bond donors (Lipinski definition) is 19. The number of ether oxygens (including phenoxy) is 6. The fourth-order valence-electron chi connectivity index (χ4n) is 12.1. The molecular weight excluding hydrogens is 1370 g/mol. The van der Waals surface area contributed by atoms with Crippen molar-refractivity contribution in [1.29, 1.82) is 0 Å². The lowest BCUT2D eigenvalue weighted by Crippen LogP contribution is -2.64. The predicted molar refractivity (Wildman–Crippen MR) is 351 cm³/mol. The van der Waals surface area contributed by atoms with Gasteiger partial charge < -0.3 is 129 Å². The molecule has 6 aliphatic rings. The molecule has 0 spiro atoms. The molecule has 2 saturated heterocycles. The van der Waals surface area contributed by atoms with Crippen LogP contribution in [0.4, 0.5) is 0 Å². The lowest BCUT2D eigenvalue weighted by Gasteiger charge is -2.47. The number of aliphatic hydroxyl groups is 6. The number of hydrogen-bond acceptors (Lipinski definition) is 25. The molecular formula is C66H77Cl2N9O24. The van der Waals surface area contributed by atoms with Gasteiger partial charge in [0.05, 0.1) is 46.9 Å². The molecule has 544 valence electrons. The van der Waals surface area contributed by atoms with Crippen molar-refractivity contribution >= 4 is 70.5 Å². The van der Waals surface area contributed by atoms with Crippen LogP contribution in [0, 0.1) is 11.8 Å². The van der Waals surface area contributed by atoms with Crippen LogP contribution in [-0.4, -0.2) is 185 Å². The second-order valence-electron chi connectivity index (χ2n) is 25.5. The number of primary amides is 2. The number of phenolic OH excluding ortho intramolecular Hbond substituents is 3. The van der Waals surface area contributed by atoms with Gasteiger partial charge in [0.1, 0.15) is 71.3 Å². The highest BCUT2D eigenvalue weighted by atomic mass is 35.5. The molecule has 7 amide bonds. The summed E-state index contributed by atoms with van der Waals surface area (Å²) in [5, 5.41) is 127. The number of carboxylic acids is 1. The first-order valence-electron chi connectivity index (χ1n) is 31.5. The van der Waals surface area contributed by atoms with E-state index in [-0.39, 0.29) is 41.2 Å². The van der Waals surface area contributed by atoms with E-state index in [1.54, 1.807) is 13.8 Å². The summed E-state index contributed by atoms with van der Waals surface area (Å²) < 4.78 is 38.2. The number of phenols is 3. The Morgan fingerprint density at radius 3 is 1.83 bits per heavy atom. The van der Waals surface area contributed by atoms with Crippen molar-refractivity contribution in [1.82, 2.24) is 31.9 Å². The lowest BCUT2D eigenvalue weighted by molar-refractivity contribution is -0.333. The van der Waals surface area contributed by atoms with Gasteiger partial charge >= 0.3 is 5.97 Å². The molecule has 6 aliphatic heterocycles. The highest BCUT2D eigenvalue weighted by Gasteiger charge is 2.51. The second-order valence-corrected chi connectivity index (χ2v) is 26.3. The maximum Gasteiger partial charge on any atom is 0.330 e. The van der Waals surface area contributed by atoms with Crippen molar-refractivity contribution in [2.24, 2.45) is 29.0 Å². The van der Waals surface area contributed by atoms with Crippen molar-refractivity contribution in [3.63, 3.8) is 0 Å². The van der Waals surface area contributed by atoms with Crippen molar-refractivity contribution in [2.45, 2.75) is 151 Å². The number of carboxylic acid groups (broad SMARTS) is 1. The Morgan fingerprint density at radius 1 is 0.693 bits per heavy atom. The first-order valence-corrected chi connectivity index (χ1v) is 32.2. The SMILES string of the molecule is CN[C@H](CC(C)C)C(=O)NC1C(=O)NC(C(N)=O)C(=O)N[C@H]2C(=O)N[C@@H](C(N)=O)c3ccc(O)c(c3)-c3c(O)cc(O)cc3[C@@H](C(=O)O)NC(=O)[C@@H](C)[C@H](O)c3ccc(c(Cl)c3)Oc3cc2cc(c3O[C@@H]2O[C@H](CO)[C@@H](O)[C@H](O)[C@H]2O[C@H]2C[C@](C)(N)[C@H](O)[C@H](C)O2)Oc2ccc(cc2Cl)[C@H]1O. The number of amides is 7. The topological polar surface area (TPSA) is 544 Å². The number of aliphatic carboxylic acids is 1. The number of benzene rings is 5. The van der Waals surface area contributed by atoms with Crippen LogP contribution >= 0.6 is 23.2 Å². The maximum atomic E-state index is 15.7. The van der Waals surface area contributed by atoms with E-state index >= 15 is 9.59 Å². The fourth-order valence-corrected chi connectivity index (χ4v) is 12.5. The van der Waals surface area contributed by atoms with Gasteiger partial charge in [-0.1, -0.05) is 62.2 Å². The third-order valence-corrected chi connectivity index (χ3v) is 18.2. The molecule has 33 nitrogen and oxygen atoms in total. The maximum absolute atomic E-state index is 15.7. The molecule has 18 atom stereocenters. The lowest BCUT2D eigenvalue weighted by atomic mass is 9.86. The molecule has 0 aliphatic carbocycles. The minimum atomic E-state index is -2.55. The average molecular weight is 1450 g/mol. The van der Waals surface area contributed by atoms with Crippen molar-refractivity contribution in [3.05, 3.63) is 117 Å². The zero-order valence-electron chi connectivity index (χ0n) is 54.7. The molecule has 5 aromatic rings. The number of fused-ring (bicyclic) bond motifs is 16. The van der Waals surface area contributed by atoms with Gasteiger partial charge in [-0.05, 0) is 110 Å². The number of carbonyl (C=O) groups is 8. The summed E-state index contributed by atoms with van der Waals surface area (Å²) >= 11 is 14.0. The number of nitrogens with two attached hydrogens (primary N) is 3. The Kier molecular flexibility index (Phi) is 23.3. The van der Waals surface area contributed by atoms with Crippen LogP contribution in [-0.2, 0) is 52.6 Å². The van der Waals surface area contributed by atoms with Gasteiger partial charge in [-0.2, -0.15) is 0 Å². The van der Waals surface area contributed by atoms with E-state index in [1.165, 1.54) is 40.0 Å². The summed E-state index contributed by atoms with van der Waals surface area (Å²) in [5.74, 6) is -18.2. The van der Waals surface area contributed by atoms with E-state index < -0.39 is 236 Å². The Labute approximate surface area is 585 Å². The zero-order valence-corrected chi connectivity index (χ0v) is 56.2. The highest BCUT2D eigenvalue weighted by molar-refractivity contribution is 6.32. The Hall–Kier alpha value is -9.20. The van der Waals surface area contributed by atoms with E-state index in [2.05, 4.69) is 31.9 Å². The number of rotatable bonds is 13. The van der Waals surface area contributed by atoms with Gasteiger partial charge in [-0.3, -0.25) is 33.6 Å². The summed E-state index contributed by atoms with van der Waals surface area (Å²) in [4.78, 5) is 114. The Balaban J connectivity index is 1.32. The van der Waals surface area contributed by atoms with Crippen LogP contribution in [0.15, 0.2) is 78.9 Å². The van der Waals surface area contributed by atoms with Gasteiger partial charge in [0, 0.05) is 34.7 Å². The minimum Gasteiger partial charge on any atom is -0.508 e. The Bertz CT molecular complexity index is 4040. The van der Waals surface area contributed by atoms with E-state index in [4.69, 9.17) is 68.8 Å². The normalized spacial score (nSPS) is 29.0. The number of carbonyl (C=O) groups excluding carboxylic acids is 7. The van der Waals surface area contributed by atoms with Crippen LogP contribution in [0.3, 0.4) is 0 Å². The molecule has 101 heavy (non-hydrogen) atoms. The van der Waals surface area contributed by atoms with Gasteiger partial charge in [0.25, 0.3) is 5.91 Å². The van der Waals surface area contributed by atoms with Gasteiger partial charge in [-0.15, -0.1) is 0 Å². The quantitative estimate of drug-likeness (QED) is 0.0707. The minimum absolute atomic E-state index is 0.107. The summed E-state index contributed by atoms with van der Waals surface area (Å²) in [6, 6.07) is 0.963. The van der Waals surface area contributed by atoms with Crippen LogP contribution in [0.2, 0.25) is 10.0 Å². The van der Waals surface area contributed by atoms with Gasteiger partial charge in [-0.25, -0.2) is 4.79 Å². The zero-order chi connectivity index (χ0) is 74.1. The molecule has 0 radical (unpaired) electrons. The number of nitrogens with one attached hydrogen (secondary N) is 6. The van der Waals surface area contributed by atoms with Crippen molar-refractivity contribution in [2.75, 3.05) is 13.7 Å². The van der Waals surface area contributed by atoms with E-state index in [1.807, 2.05) is 0 Å². The molecule has 0 aromatic heterocycles. The highest BCUT2D eigenvalue weighted by Crippen LogP contribution is 2.50. The molecule has 6 heterocycles. The second kappa shape index (κ2) is 31.0. The monoisotopic (exact) mass is 1450 g/mol. The molecule has 2 unspecified atom stereocenters. The van der Waals surface area contributed by atoms with Crippen LogP contribution in [0.5, 0.6) is 46.0 Å². The van der Waals surface area contributed by atoms with E-state index in [9.17, 15) is 79.8 Å². The smallest absolute Gasteiger partial charge is 0.330 e. The van der Waals surface area contributed by atoms with E-state index in [0.717, 1.165) is 66.7 Å².